The van der Waals surface area contributed by atoms with Gasteiger partial charge in [0.1, 0.15) is 29.6 Å². The van der Waals surface area contributed by atoms with Gasteiger partial charge in [0, 0.05) is 32.9 Å². The van der Waals surface area contributed by atoms with E-state index in [9.17, 15) is 29.1 Å². The third-order valence-electron chi connectivity index (χ3n) is 9.10. The number of aliphatic hydroxyl groups is 1. The number of carbonyl (C=O) groups excluding carboxylic acids is 5. The number of hydrogen-bond donors (Lipinski definition) is 4. The summed E-state index contributed by atoms with van der Waals surface area (Å²) in [6.07, 6.45) is 2.09. The van der Waals surface area contributed by atoms with E-state index < -0.39 is 54.0 Å². The molecule has 1 aromatic carbocycles. The van der Waals surface area contributed by atoms with Crippen LogP contribution in [0, 0.1) is 11.3 Å². The number of amides is 5. The van der Waals surface area contributed by atoms with Gasteiger partial charge in [-0.2, -0.15) is 0 Å². The zero-order valence-electron chi connectivity index (χ0n) is 27.7. The number of carbonyl (C=O) groups is 5. The van der Waals surface area contributed by atoms with Crippen LogP contribution in [0.3, 0.4) is 0 Å². The monoisotopic (exact) mass is 650 g/mol. The summed E-state index contributed by atoms with van der Waals surface area (Å²) < 4.78 is 5.77. The van der Waals surface area contributed by atoms with Crippen molar-refractivity contribution in [2.75, 3.05) is 33.3 Å². The third kappa shape index (κ3) is 8.85. The number of nitrogens with zero attached hydrogens (tertiary/aromatic N) is 3. The molecular formula is C34H46N6O7. The van der Waals surface area contributed by atoms with Crippen molar-refractivity contribution in [3.8, 4) is 5.75 Å². The van der Waals surface area contributed by atoms with Gasteiger partial charge in [-0.25, -0.2) is 0 Å². The number of fused-ring (bicyclic) bond motifs is 2. The first-order valence-corrected chi connectivity index (χ1v) is 16.0. The SMILES string of the molecule is CC(C)[C@H]1NC(=O)[C@H](C)N(C)C(=O)[C@H]([C@@H](C)O)NC(=O)COc2cccc(c2)CC2(CCN(C(=O)c3ccccn3)CC2)CNC1=O. The number of aromatic nitrogens is 1. The van der Waals surface area contributed by atoms with Crippen LogP contribution in [-0.2, 0) is 25.6 Å². The zero-order valence-corrected chi connectivity index (χ0v) is 27.7. The van der Waals surface area contributed by atoms with Crippen LogP contribution in [0.15, 0.2) is 48.7 Å². The fraction of sp³-hybridized carbons (Fsp3) is 0.529. The van der Waals surface area contributed by atoms with Crippen LogP contribution in [0.4, 0.5) is 0 Å². The lowest BCUT2D eigenvalue weighted by Gasteiger charge is -2.42. The molecule has 1 saturated heterocycles. The average Bonchev–Trinajstić information content (AvgIpc) is 3.06. The Balaban J connectivity index is 1.63. The zero-order chi connectivity index (χ0) is 34.3. The normalized spacial score (nSPS) is 23.9. The highest BCUT2D eigenvalue weighted by Crippen LogP contribution is 2.36. The van der Waals surface area contributed by atoms with Gasteiger partial charge < -0.3 is 35.6 Å². The van der Waals surface area contributed by atoms with Crippen LogP contribution in [0.25, 0.3) is 0 Å². The summed E-state index contributed by atoms with van der Waals surface area (Å²) in [6, 6.07) is 9.33. The van der Waals surface area contributed by atoms with E-state index in [4.69, 9.17) is 4.74 Å². The average molecular weight is 651 g/mol. The Morgan fingerprint density at radius 2 is 1.72 bits per heavy atom. The van der Waals surface area contributed by atoms with E-state index in [0.29, 0.717) is 50.3 Å². The minimum absolute atomic E-state index is 0.146. The van der Waals surface area contributed by atoms with Crippen molar-refractivity contribution in [1.82, 2.24) is 30.7 Å². The smallest absolute Gasteiger partial charge is 0.272 e. The van der Waals surface area contributed by atoms with Crippen molar-refractivity contribution in [3.05, 3.63) is 59.9 Å². The number of piperidine rings is 1. The molecule has 4 N–H and O–H groups in total. The first-order chi connectivity index (χ1) is 22.3. The van der Waals surface area contributed by atoms with E-state index in [1.807, 2.05) is 32.0 Å². The van der Waals surface area contributed by atoms with Gasteiger partial charge in [0.15, 0.2) is 6.61 Å². The molecule has 4 rings (SSSR count). The van der Waals surface area contributed by atoms with Gasteiger partial charge in [-0.1, -0.05) is 32.0 Å². The van der Waals surface area contributed by atoms with E-state index in [-0.39, 0.29) is 17.7 Å². The molecule has 1 fully saturated rings. The predicted octanol–water partition coefficient (Wildman–Crippen LogP) is 0.909. The molecule has 47 heavy (non-hydrogen) atoms. The Morgan fingerprint density at radius 1 is 1.00 bits per heavy atom. The maximum atomic E-state index is 13.7. The molecule has 254 valence electrons. The molecule has 4 atom stereocenters. The summed E-state index contributed by atoms with van der Waals surface area (Å²) in [7, 11) is 1.40. The Hall–Kier alpha value is -4.52. The van der Waals surface area contributed by atoms with Crippen LogP contribution < -0.4 is 20.7 Å². The van der Waals surface area contributed by atoms with E-state index in [1.54, 1.807) is 35.4 Å². The molecule has 1 aromatic heterocycles. The van der Waals surface area contributed by atoms with Crippen molar-refractivity contribution >= 4 is 29.5 Å². The van der Waals surface area contributed by atoms with Crippen LogP contribution >= 0.6 is 0 Å². The summed E-state index contributed by atoms with van der Waals surface area (Å²) in [5.74, 6) is -2.17. The third-order valence-corrected chi connectivity index (χ3v) is 9.10. The molecule has 5 amide bonds. The largest absolute Gasteiger partial charge is 0.484 e. The Kier molecular flexibility index (Phi) is 11.6. The standard InChI is InChI=1S/C34H46N6O7/c1-21(2)28-31(44)36-20-34(12-15-40(16-13-34)32(45)26-11-6-7-14-35-26)18-24-9-8-10-25(17-24)47-19-27(42)37-29(23(4)41)33(46)39(5)22(3)30(43)38-28/h6-11,14,17,21-23,28-29,41H,12-13,15-16,18-20H2,1-5H3,(H,36,44)(H,37,42)(H,38,43)/t22-,23+,28+,29-/m0/s1. The topological polar surface area (TPSA) is 170 Å². The summed E-state index contributed by atoms with van der Waals surface area (Å²) in [4.78, 5) is 73.4. The van der Waals surface area contributed by atoms with Gasteiger partial charge in [-0.15, -0.1) is 0 Å². The van der Waals surface area contributed by atoms with Crippen LogP contribution in [0.5, 0.6) is 5.75 Å². The number of aliphatic hydroxyl groups excluding tert-OH is 1. The molecule has 2 aromatic rings. The molecular weight excluding hydrogens is 604 g/mol. The van der Waals surface area contributed by atoms with Crippen molar-refractivity contribution in [3.63, 3.8) is 0 Å². The highest BCUT2D eigenvalue weighted by Gasteiger charge is 2.39. The Morgan fingerprint density at radius 3 is 2.36 bits per heavy atom. The van der Waals surface area contributed by atoms with Gasteiger partial charge in [-0.05, 0) is 74.3 Å². The van der Waals surface area contributed by atoms with E-state index >= 15 is 0 Å². The van der Waals surface area contributed by atoms with Gasteiger partial charge >= 0.3 is 0 Å². The lowest BCUT2D eigenvalue weighted by Crippen LogP contribution is -2.59. The number of benzene rings is 1. The van der Waals surface area contributed by atoms with Crippen molar-refractivity contribution in [1.29, 1.82) is 0 Å². The Bertz CT molecular complexity index is 1440. The van der Waals surface area contributed by atoms with Crippen molar-refractivity contribution in [2.24, 2.45) is 11.3 Å². The quantitative estimate of drug-likeness (QED) is 0.380. The minimum atomic E-state index is -1.32. The van der Waals surface area contributed by atoms with Crippen LogP contribution in [0.2, 0.25) is 0 Å². The summed E-state index contributed by atoms with van der Waals surface area (Å²) in [5.41, 5.74) is 0.870. The van der Waals surface area contributed by atoms with Gasteiger partial charge in [0.2, 0.25) is 17.7 Å². The Labute approximate surface area is 275 Å². The molecule has 0 saturated carbocycles. The number of likely N-dealkylation sites (tertiary alicyclic amines) is 1. The lowest BCUT2D eigenvalue weighted by molar-refractivity contribution is -0.144. The summed E-state index contributed by atoms with van der Waals surface area (Å²) >= 11 is 0. The molecule has 2 aliphatic rings. The van der Waals surface area contributed by atoms with Crippen molar-refractivity contribution in [2.45, 2.75) is 71.2 Å². The van der Waals surface area contributed by atoms with Crippen LogP contribution in [-0.4, -0.2) is 107 Å². The predicted molar refractivity (Wildman–Crippen MR) is 173 cm³/mol. The fourth-order valence-corrected chi connectivity index (χ4v) is 5.96. The number of pyridine rings is 1. The fourth-order valence-electron chi connectivity index (χ4n) is 5.96. The highest BCUT2D eigenvalue weighted by atomic mass is 16.5. The number of ether oxygens (including phenoxy) is 1. The minimum Gasteiger partial charge on any atom is -0.484 e. The molecule has 0 aliphatic carbocycles. The van der Waals surface area contributed by atoms with Gasteiger partial charge in [0.25, 0.3) is 11.8 Å². The van der Waals surface area contributed by atoms with Crippen molar-refractivity contribution < 1.29 is 33.8 Å². The second-order valence-corrected chi connectivity index (χ2v) is 13.0. The lowest BCUT2D eigenvalue weighted by atomic mass is 9.73. The molecule has 13 heteroatoms. The van der Waals surface area contributed by atoms with Gasteiger partial charge in [-0.3, -0.25) is 29.0 Å². The molecule has 13 nitrogen and oxygen atoms in total. The van der Waals surface area contributed by atoms with Crippen LogP contribution in [0.1, 0.15) is 56.6 Å². The number of nitrogens with one attached hydrogen (secondary N) is 3. The molecule has 3 heterocycles. The van der Waals surface area contributed by atoms with E-state index in [2.05, 4.69) is 20.9 Å². The van der Waals surface area contributed by atoms with Gasteiger partial charge in [0.05, 0.1) is 6.10 Å². The summed E-state index contributed by atoms with van der Waals surface area (Å²) in [5, 5.41) is 18.7. The number of hydrogen-bond acceptors (Lipinski definition) is 8. The first kappa shape index (κ1) is 35.3. The van der Waals surface area contributed by atoms with E-state index in [1.165, 1.54) is 20.9 Å². The molecule has 1 spiro atoms. The molecule has 2 aliphatic heterocycles. The second kappa shape index (κ2) is 15.4. The molecule has 0 radical (unpaired) electrons. The summed E-state index contributed by atoms with van der Waals surface area (Å²) in [6.45, 7) is 7.35. The molecule has 2 bridgehead atoms. The first-order valence-electron chi connectivity index (χ1n) is 16.0. The van der Waals surface area contributed by atoms with E-state index in [0.717, 1.165) is 10.5 Å². The maximum absolute atomic E-state index is 13.7. The second-order valence-electron chi connectivity index (χ2n) is 13.0. The molecule has 0 unspecified atom stereocenters. The number of rotatable bonds is 3. The maximum Gasteiger partial charge on any atom is 0.272 e. The highest BCUT2D eigenvalue weighted by molar-refractivity contribution is 5.94. The number of likely N-dealkylation sites (N-methyl/N-ethyl adjacent to an activating group) is 1.